The fourth-order valence-electron chi connectivity index (χ4n) is 0.922. The zero-order valence-electron chi connectivity index (χ0n) is 6.57. The average molecular weight is 212 g/mol. The first-order chi connectivity index (χ1) is 6.25. The molecule has 3 nitrogen and oxygen atoms in total. The lowest BCUT2D eigenvalue weighted by Crippen LogP contribution is -1.92. The minimum atomic E-state index is 0.467. The van der Waals surface area contributed by atoms with Gasteiger partial charge in [-0.25, -0.2) is 9.97 Å². The SMILES string of the molecule is Nc1ccnc(-c2cc(Cl)cs2)n1. The molecule has 0 bridgehead atoms. The Morgan fingerprint density at radius 2 is 2.31 bits per heavy atom. The summed E-state index contributed by atoms with van der Waals surface area (Å²) in [6.07, 6.45) is 1.63. The van der Waals surface area contributed by atoms with E-state index in [1.165, 1.54) is 11.3 Å². The van der Waals surface area contributed by atoms with Crippen LogP contribution in [0.4, 0.5) is 5.82 Å². The van der Waals surface area contributed by atoms with E-state index in [1.807, 2.05) is 11.4 Å². The molecule has 0 saturated carbocycles. The van der Waals surface area contributed by atoms with Crippen LogP contribution in [0.25, 0.3) is 10.7 Å². The van der Waals surface area contributed by atoms with Crippen LogP contribution >= 0.6 is 22.9 Å². The lowest BCUT2D eigenvalue weighted by molar-refractivity contribution is 1.19. The van der Waals surface area contributed by atoms with Crippen LogP contribution in [0.15, 0.2) is 23.7 Å². The van der Waals surface area contributed by atoms with E-state index in [0.717, 1.165) is 4.88 Å². The molecule has 0 atom stereocenters. The quantitative estimate of drug-likeness (QED) is 0.788. The molecular weight excluding hydrogens is 206 g/mol. The van der Waals surface area contributed by atoms with Crippen molar-refractivity contribution in [2.75, 3.05) is 5.73 Å². The van der Waals surface area contributed by atoms with E-state index in [0.29, 0.717) is 16.7 Å². The van der Waals surface area contributed by atoms with Crippen LogP contribution in [0.5, 0.6) is 0 Å². The van der Waals surface area contributed by atoms with Crippen molar-refractivity contribution in [3.05, 3.63) is 28.7 Å². The number of hydrogen-bond donors (Lipinski definition) is 1. The van der Waals surface area contributed by atoms with Gasteiger partial charge in [-0.3, -0.25) is 0 Å². The molecule has 2 heterocycles. The Kier molecular flexibility index (Phi) is 2.16. The minimum absolute atomic E-state index is 0.467. The van der Waals surface area contributed by atoms with Crippen LogP contribution in [0, 0.1) is 0 Å². The maximum absolute atomic E-state index is 5.77. The summed E-state index contributed by atoms with van der Waals surface area (Å²) >= 11 is 7.27. The summed E-state index contributed by atoms with van der Waals surface area (Å²) in [6.45, 7) is 0. The first-order valence-electron chi connectivity index (χ1n) is 3.58. The zero-order valence-corrected chi connectivity index (χ0v) is 8.14. The van der Waals surface area contributed by atoms with Crippen molar-refractivity contribution < 1.29 is 0 Å². The molecule has 0 unspecified atom stereocenters. The lowest BCUT2D eigenvalue weighted by atomic mass is 10.4. The van der Waals surface area contributed by atoms with Crippen LogP contribution < -0.4 is 5.73 Å². The Morgan fingerprint density at radius 1 is 1.46 bits per heavy atom. The molecule has 0 amide bonds. The first kappa shape index (κ1) is 8.47. The van der Waals surface area contributed by atoms with Gasteiger partial charge in [0.2, 0.25) is 0 Å². The number of nitrogen functional groups attached to an aromatic ring is 1. The maximum atomic E-state index is 5.77. The summed E-state index contributed by atoms with van der Waals surface area (Å²) < 4.78 is 0. The smallest absolute Gasteiger partial charge is 0.171 e. The van der Waals surface area contributed by atoms with E-state index in [-0.39, 0.29) is 0 Å². The molecule has 2 aromatic heterocycles. The second-order valence-electron chi connectivity index (χ2n) is 2.43. The third-order valence-electron chi connectivity index (χ3n) is 1.46. The molecule has 2 aromatic rings. The van der Waals surface area contributed by atoms with E-state index >= 15 is 0 Å². The first-order valence-corrected chi connectivity index (χ1v) is 4.84. The third-order valence-corrected chi connectivity index (χ3v) is 2.74. The predicted octanol–water partition coefficient (Wildman–Crippen LogP) is 2.44. The molecule has 0 spiro atoms. The summed E-state index contributed by atoms with van der Waals surface area (Å²) in [5.74, 6) is 1.09. The fraction of sp³-hybridized carbons (Fsp3) is 0. The minimum Gasteiger partial charge on any atom is -0.384 e. The number of anilines is 1. The van der Waals surface area contributed by atoms with Gasteiger partial charge < -0.3 is 5.73 Å². The van der Waals surface area contributed by atoms with Gasteiger partial charge in [0.05, 0.1) is 9.90 Å². The number of hydrogen-bond acceptors (Lipinski definition) is 4. The van der Waals surface area contributed by atoms with Crippen LogP contribution in [-0.4, -0.2) is 9.97 Å². The van der Waals surface area contributed by atoms with Gasteiger partial charge in [0.25, 0.3) is 0 Å². The molecule has 0 aliphatic carbocycles. The van der Waals surface area contributed by atoms with Gasteiger partial charge in [-0.05, 0) is 12.1 Å². The Hall–Kier alpha value is -1.13. The van der Waals surface area contributed by atoms with Crippen molar-refractivity contribution >= 4 is 28.8 Å². The molecular formula is C8H6ClN3S. The second kappa shape index (κ2) is 3.32. The number of aromatic nitrogens is 2. The highest BCUT2D eigenvalue weighted by Crippen LogP contribution is 2.26. The standard InChI is InChI=1S/C8H6ClN3S/c9-5-3-6(13-4-5)8-11-2-1-7(10)12-8/h1-4H,(H2,10,11,12). The zero-order chi connectivity index (χ0) is 9.26. The molecule has 0 fully saturated rings. The molecule has 0 saturated heterocycles. The number of nitrogens with two attached hydrogens (primary N) is 1. The van der Waals surface area contributed by atoms with Gasteiger partial charge in [-0.1, -0.05) is 11.6 Å². The van der Waals surface area contributed by atoms with E-state index < -0.39 is 0 Å². The Bertz CT molecular complexity index is 427. The van der Waals surface area contributed by atoms with E-state index in [9.17, 15) is 0 Å². The Balaban J connectivity index is 2.46. The topological polar surface area (TPSA) is 51.8 Å². The van der Waals surface area contributed by atoms with Crippen molar-refractivity contribution in [1.82, 2.24) is 9.97 Å². The van der Waals surface area contributed by atoms with Gasteiger partial charge in [-0.15, -0.1) is 11.3 Å². The molecule has 13 heavy (non-hydrogen) atoms. The molecule has 0 aliphatic rings. The number of halogens is 1. The molecule has 0 aromatic carbocycles. The van der Waals surface area contributed by atoms with Gasteiger partial charge in [0.15, 0.2) is 5.82 Å². The van der Waals surface area contributed by atoms with Gasteiger partial charge in [0, 0.05) is 11.6 Å². The largest absolute Gasteiger partial charge is 0.384 e. The Morgan fingerprint density at radius 3 is 2.92 bits per heavy atom. The molecule has 66 valence electrons. The van der Waals surface area contributed by atoms with Crippen molar-refractivity contribution in [1.29, 1.82) is 0 Å². The molecule has 0 aliphatic heterocycles. The molecule has 2 rings (SSSR count). The van der Waals surface area contributed by atoms with Crippen LogP contribution in [0.2, 0.25) is 5.02 Å². The predicted molar refractivity (Wildman–Crippen MR) is 54.8 cm³/mol. The highest BCUT2D eigenvalue weighted by atomic mass is 35.5. The monoisotopic (exact) mass is 211 g/mol. The summed E-state index contributed by atoms with van der Waals surface area (Å²) in [4.78, 5) is 9.09. The van der Waals surface area contributed by atoms with Crippen LogP contribution in [0.3, 0.4) is 0 Å². The second-order valence-corrected chi connectivity index (χ2v) is 3.78. The fourth-order valence-corrected chi connectivity index (χ4v) is 1.94. The highest BCUT2D eigenvalue weighted by Gasteiger charge is 2.03. The summed E-state index contributed by atoms with van der Waals surface area (Å²) in [5.41, 5.74) is 5.52. The normalized spacial score (nSPS) is 10.2. The average Bonchev–Trinajstić information content (AvgIpc) is 2.52. The van der Waals surface area contributed by atoms with Crippen molar-refractivity contribution in [2.45, 2.75) is 0 Å². The van der Waals surface area contributed by atoms with Gasteiger partial charge in [0.1, 0.15) is 5.82 Å². The van der Waals surface area contributed by atoms with Crippen molar-refractivity contribution in [2.24, 2.45) is 0 Å². The third kappa shape index (κ3) is 1.79. The summed E-state index contributed by atoms with van der Waals surface area (Å²) in [5, 5.41) is 2.54. The van der Waals surface area contributed by atoms with Crippen molar-refractivity contribution in [3.8, 4) is 10.7 Å². The summed E-state index contributed by atoms with van der Waals surface area (Å²) in [6, 6.07) is 3.47. The molecule has 2 N–H and O–H groups in total. The molecule has 5 heteroatoms. The van der Waals surface area contributed by atoms with E-state index in [2.05, 4.69) is 9.97 Å². The van der Waals surface area contributed by atoms with Gasteiger partial charge in [-0.2, -0.15) is 0 Å². The van der Waals surface area contributed by atoms with Crippen LogP contribution in [-0.2, 0) is 0 Å². The molecule has 0 radical (unpaired) electrons. The van der Waals surface area contributed by atoms with E-state index in [1.54, 1.807) is 12.3 Å². The Labute approximate surface area is 84.2 Å². The number of rotatable bonds is 1. The lowest BCUT2D eigenvalue weighted by Gasteiger charge is -1.95. The van der Waals surface area contributed by atoms with Crippen LogP contribution in [0.1, 0.15) is 0 Å². The van der Waals surface area contributed by atoms with Gasteiger partial charge >= 0.3 is 0 Å². The highest BCUT2D eigenvalue weighted by molar-refractivity contribution is 7.14. The maximum Gasteiger partial charge on any atom is 0.171 e. The summed E-state index contributed by atoms with van der Waals surface area (Å²) in [7, 11) is 0. The van der Waals surface area contributed by atoms with Crippen molar-refractivity contribution in [3.63, 3.8) is 0 Å². The van der Waals surface area contributed by atoms with E-state index in [4.69, 9.17) is 17.3 Å². The number of thiophene rings is 1. The number of nitrogens with zero attached hydrogens (tertiary/aromatic N) is 2.